The monoisotopic (exact) mass is 288 g/mol. The molecule has 0 radical (unpaired) electrons. The maximum absolute atomic E-state index is 12.9. The van der Waals surface area contributed by atoms with E-state index in [9.17, 15) is 19.1 Å². The van der Waals surface area contributed by atoms with Crippen LogP contribution in [0.1, 0.15) is 45.6 Å². The summed E-state index contributed by atoms with van der Waals surface area (Å²) in [5.41, 5.74) is -0.248. The number of carboxylic acids is 1. The Bertz CT molecular complexity index is 684. The molecule has 0 bridgehead atoms. The van der Waals surface area contributed by atoms with Crippen molar-refractivity contribution < 1.29 is 19.1 Å². The third-order valence-corrected chi connectivity index (χ3v) is 2.87. The largest absolute Gasteiger partial charge is 0.476 e. The van der Waals surface area contributed by atoms with Gasteiger partial charge < -0.3 is 5.11 Å². The number of aromatic carboxylic acids is 1. The molecule has 0 fully saturated rings. The van der Waals surface area contributed by atoms with Crippen LogP contribution in [0.4, 0.5) is 4.39 Å². The summed E-state index contributed by atoms with van der Waals surface area (Å²) in [5, 5.41) is 9.20. The van der Waals surface area contributed by atoms with Crippen molar-refractivity contribution >= 4 is 11.8 Å². The molecule has 1 heterocycles. The van der Waals surface area contributed by atoms with Gasteiger partial charge >= 0.3 is 5.97 Å². The van der Waals surface area contributed by atoms with Crippen LogP contribution in [-0.2, 0) is 6.42 Å². The van der Waals surface area contributed by atoms with Crippen molar-refractivity contribution in [1.29, 1.82) is 0 Å². The highest BCUT2D eigenvalue weighted by Gasteiger charge is 2.21. The van der Waals surface area contributed by atoms with Crippen molar-refractivity contribution in [2.75, 3.05) is 0 Å². The van der Waals surface area contributed by atoms with E-state index in [4.69, 9.17) is 0 Å². The first kappa shape index (κ1) is 14.8. The molecule has 1 N–H and O–H groups in total. The van der Waals surface area contributed by atoms with Gasteiger partial charge in [0, 0.05) is 18.2 Å². The number of aryl methyl sites for hydroxylation is 1. The first-order valence-corrected chi connectivity index (χ1v) is 6.42. The van der Waals surface area contributed by atoms with Gasteiger partial charge in [-0.2, -0.15) is 0 Å². The minimum absolute atomic E-state index is 0.103. The zero-order valence-corrected chi connectivity index (χ0v) is 11.3. The topological polar surface area (TPSA) is 80.2 Å². The standard InChI is InChI=1S/C15H13FN2O3/c1-2-3-12-17-8-11(13(18-12)15(20)21)14(19)9-4-6-10(16)7-5-9/h4-8H,2-3H2,1H3,(H,20,21). The smallest absolute Gasteiger partial charge is 0.355 e. The van der Waals surface area contributed by atoms with Gasteiger partial charge in [0.2, 0.25) is 0 Å². The third-order valence-electron chi connectivity index (χ3n) is 2.87. The summed E-state index contributed by atoms with van der Waals surface area (Å²) >= 11 is 0. The van der Waals surface area contributed by atoms with Gasteiger partial charge in [-0.15, -0.1) is 0 Å². The fourth-order valence-electron chi connectivity index (χ4n) is 1.85. The fourth-order valence-corrected chi connectivity index (χ4v) is 1.85. The van der Waals surface area contributed by atoms with E-state index in [1.807, 2.05) is 6.92 Å². The quantitative estimate of drug-likeness (QED) is 0.855. The number of nitrogens with zero attached hydrogens (tertiary/aromatic N) is 2. The molecule has 2 rings (SSSR count). The Kier molecular flexibility index (Phi) is 4.37. The van der Waals surface area contributed by atoms with Crippen molar-refractivity contribution in [3.05, 3.63) is 58.9 Å². The van der Waals surface area contributed by atoms with Crippen molar-refractivity contribution in [3.63, 3.8) is 0 Å². The summed E-state index contributed by atoms with van der Waals surface area (Å²) in [7, 11) is 0. The first-order valence-electron chi connectivity index (χ1n) is 6.42. The molecule has 5 nitrogen and oxygen atoms in total. The number of aromatic nitrogens is 2. The number of carbonyl (C=O) groups excluding carboxylic acids is 1. The average molecular weight is 288 g/mol. The molecule has 1 aromatic carbocycles. The summed E-state index contributed by atoms with van der Waals surface area (Å²) in [4.78, 5) is 31.5. The summed E-state index contributed by atoms with van der Waals surface area (Å²) in [6.45, 7) is 1.92. The molecule has 1 aromatic heterocycles. The van der Waals surface area contributed by atoms with E-state index in [1.54, 1.807) is 0 Å². The number of halogens is 1. The summed E-state index contributed by atoms with van der Waals surface area (Å²) < 4.78 is 12.9. The Balaban J connectivity index is 2.44. The van der Waals surface area contributed by atoms with Crippen molar-refractivity contribution in [2.24, 2.45) is 0 Å². The molecule has 0 atom stereocenters. The maximum Gasteiger partial charge on any atom is 0.355 e. The fraction of sp³-hybridized carbons (Fsp3) is 0.200. The molecule has 0 aliphatic rings. The van der Waals surface area contributed by atoms with Crippen LogP contribution >= 0.6 is 0 Å². The summed E-state index contributed by atoms with van der Waals surface area (Å²) in [6, 6.07) is 4.87. The number of carbonyl (C=O) groups is 2. The highest BCUT2D eigenvalue weighted by atomic mass is 19.1. The molecule has 2 aromatic rings. The molecule has 0 aliphatic carbocycles. The van der Waals surface area contributed by atoms with E-state index < -0.39 is 17.6 Å². The van der Waals surface area contributed by atoms with Gasteiger partial charge in [0.1, 0.15) is 11.6 Å². The third kappa shape index (κ3) is 3.28. The van der Waals surface area contributed by atoms with Gasteiger partial charge in [0.15, 0.2) is 11.5 Å². The predicted molar refractivity (Wildman–Crippen MR) is 72.8 cm³/mol. The van der Waals surface area contributed by atoms with Crippen molar-refractivity contribution in [1.82, 2.24) is 9.97 Å². The van der Waals surface area contributed by atoms with Gasteiger partial charge in [-0.05, 0) is 30.7 Å². The molecule has 21 heavy (non-hydrogen) atoms. The van der Waals surface area contributed by atoms with Gasteiger partial charge in [0.05, 0.1) is 5.56 Å². The second-order valence-electron chi connectivity index (χ2n) is 4.44. The van der Waals surface area contributed by atoms with E-state index in [1.165, 1.54) is 18.3 Å². The molecule has 0 spiro atoms. The van der Waals surface area contributed by atoms with Gasteiger partial charge in [-0.3, -0.25) is 4.79 Å². The Morgan fingerprint density at radius 1 is 1.24 bits per heavy atom. The molecular weight excluding hydrogens is 275 g/mol. The highest BCUT2D eigenvalue weighted by molar-refractivity contribution is 6.13. The number of benzene rings is 1. The lowest BCUT2D eigenvalue weighted by Crippen LogP contribution is -2.14. The van der Waals surface area contributed by atoms with Crippen LogP contribution in [-0.4, -0.2) is 26.8 Å². The molecular formula is C15H13FN2O3. The van der Waals surface area contributed by atoms with Crippen molar-refractivity contribution in [2.45, 2.75) is 19.8 Å². The predicted octanol–water partition coefficient (Wildman–Crippen LogP) is 2.50. The molecule has 0 saturated heterocycles. The van der Waals surface area contributed by atoms with E-state index >= 15 is 0 Å². The van der Waals surface area contributed by atoms with Crippen LogP contribution in [0.3, 0.4) is 0 Å². The van der Waals surface area contributed by atoms with Gasteiger partial charge in [-0.25, -0.2) is 19.2 Å². The lowest BCUT2D eigenvalue weighted by atomic mass is 10.0. The summed E-state index contributed by atoms with van der Waals surface area (Å²) in [6.07, 6.45) is 2.52. The number of hydrogen-bond donors (Lipinski definition) is 1. The number of hydrogen-bond acceptors (Lipinski definition) is 4. The molecule has 6 heteroatoms. The molecule has 108 valence electrons. The highest BCUT2D eigenvalue weighted by Crippen LogP contribution is 2.14. The zero-order valence-electron chi connectivity index (χ0n) is 11.3. The zero-order chi connectivity index (χ0) is 15.4. The normalized spacial score (nSPS) is 10.4. The van der Waals surface area contributed by atoms with E-state index in [0.717, 1.165) is 18.6 Å². The number of ketones is 1. The molecule has 0 unspecified atom stereocenters. The minimum Gasteiger partial charge on any atom is -0.476 e. The van der Waals surface area contributed by atoms with Crippen LogP contribution in [0.2, 0.25) is 0 Å². The lowest BCUT2D eigenvalue weighted by Gasteiger charge is -2.06. The Morgan fingerprint density at radius 2 is 1.90 bits per heavy atom. The van der Waals surface area contributed by atoms with Crippen LogP contribution in [0.15, 0.2) is 30.5 Å². The number of carboxylic acid groups (broad SMARTS) is 1. The van der Waals surface area contributed by atoms with Crippen LogP contribution in [0, 0.1) is 5.82 Å². The minimum atomic E-state index is -1.29. The second kappa shape index (κ2) is 6.21. The number of rotatable bonds is 5. The first-order chi connectivity index (χ1) is 10.0. The van der Waals surface area contributed by atoms with Crippen molar-refractivity contribution in [3.8, 4) is 0 Å². The summed E-state index contributed by atoms with van der Waals surface area (Å²) in [5.74, 6) is -1.93. The Labute approximate surface area is 120 Å². The molecule has 0 aliphatic heterocycles. The van der Waals surface area contributed by atoms with Crippen LogP contribution < -0.4 is 0 Å². The Hall–Kier alpha value is -2.63. The lowest BCUT2D eigenvalue weighted by molar-refractivity contribution is 0.0685. The molecule has 0 amide bonds. The van der Waals surface area contributed by atoms with Crippen LogP contribution in [0.5, 0.6) is 0 Å². The molecule has 0 saturated carbocycles. The van der Waals surface area contributed by atoms with E-state index in [2.05, 4.69) is 9.97 Å². The SMILES string of the molecule is CCCc1ncc(C(=O)c2ccc(F)cc2)c(C(=O)O)n1. The van der Waals surface area contributed by atoms with Gasteiger partial charge in [0.25, 0.3) is 0 Å². The van der Waals surface area contributed by atoms with E-state index in [-0.39, 0.29) is 16.8 Å². The average Bonchev–Trinajstić information content (AvgIpc) is 2.47. The Morgan fingerprint density at radius 3 is 2.48 bits per heavy atom. The second-order valence-corrected chi connectivity index (χ2v) is 4.44. The van der Waals surface area contributed by atoms with Crippen LogP contribution in [0.25, 0.3) is 0 Å². The maximum atomic E-state index is 12.9. The van der Waals surface area contributed by atoms with Gasteiger partial charge in [-0.1, -0.05) is 6.92 Å². The van der Waals surface area contributed by atoms with E-state index in [0.29, 0.717) is 12.2 Å².